The molecule has 0 spiro atoms. The first-order valence-electron chi connectivity index (χ1n) is 4.75. The van der Waals surface area contributed by atoms with Crippen molar-refractivity contribution in [3.05, 3.63) is 0 Å². The van der Waals surface area contributed by atoms with Crippen molar-refractivity contribution in [3.63, 3.8) is 0 Å². The number of amides is 1. The van der Waals surface area contributed by atoms with E-state index in [4.69, 9.17) is 5.73 Å². The van der Waals surface area contributed by atoms with Crippen molar-refractivity contribution < 1.29 is 4.79 Å². The topological polar surface area (TPSA) is 55.1 Å². The summed E-state index contributed by atoms with van der Waals surface area (Å²) in [7, 11) is 0. The lowest BCUT2D eigenvalue weighted by Crippen LogP contribution is -2.41. The van der Waals surface area contributed by atoms with Crippen LogP contribution in [0.3, 0.4) is 0 Å². The molecule has 0 aromatic rings. The van der Waals surface area contributed by atoms with Crippen molar-refractivity contribution in [1.29, 1.82) is 0 Å². The van der Waals surface area contributed by atoms with Crippen molar-refractivity contribution in [1.82, 2.24) is 5.32 Å². The molecule has 1 saturated carbocycles. The first-order valence-corrected chi connectivity index (χ1v) is 4.75. The highest BCUT2D eigenvalue weighted by atomic mass is 16.2. The lowest BCUT2D eigenvalue weighted by Gasteiger charge is -2.08. The Kier molecular flexibility index (Phi) is 3.09. The molecule has 1 rings (SSSR count). The highest BCUT2D eigenvalue weighted by molar-refractivity contribution is 5.81. The maximum Gasteiger partial charge on any atom is 0.237 e. The Bertz CT molecular complexity index is 170. The van der Waals surface area contributed by atoms with Gasteiger partial charge in [0.15, 0.2) is 0 Å². The van der Waals surface area contributed by atoms with Crippen LogP contribution in [0.5, 0.6) is 0 Å². The Balaban J connectivity index is 2.20. The molecule has 0 bridgehead atoms. The Morgan fingerprint density at radius 2 is 2.33 bits per heavy atom. The molecule has 3 heteroatoms. The maximum atomic E-state index is 11.2. The highest BCUT2D eigenvalue weighted by Gasteiger charge is 2.36. The highest BCUT2D eigenvalue weighted by Crippen LogP contribution is 2.32. The molecular formula is C9H18N2O. The van der Waals surface area contributed by atoms with E-state index >= 15 is 0 Å². The van der Waals surface area contributed by atoms with E-state index in [2.05, 4.69) is 12.2 Å². The van der Waals surface area contributed by atoms with Gasteiger partial charge in [0.25, 0.3) is 0 Å². The van der Waals surface area contributed by atoms with Crippen LogP contribution >= 0.6 is 0 Å². The zero-order valence-electron chi connectivity index (χ0n) is 7.84. The van der Waals surface area contributed by atoms with Gasteiger partial charge in [0.05, 0.1) is 6.04 Å². The van der Waals surface area contributed by atoms with Gasteiger partial charge < -0.3 is 11.1 Å². The number of nitrogens with two attached hydrogens (primary N) is 1. The van der Waals surface area contributed by atoms with Crippen LogP contribution < -0.4 is 11.1 Å². The second kappa shape index (κ2) is 3.90. The van der Waals surface area contributed by atoms with Crippen molar-refractivity contribution in [2.75, 3.05) is 0 Å². The molecule has 1 amide bonds. The Morgan fingerprint density at radius 1 is 1.67 bits per heavy atom. The van der Waals surface area contributed by atoms with E-state index in [1.54, 1.807) is 0 Å². The number of nitrogens with one attached hydrogen (secondary N) is 1. The summed E-state index contributed by atoms with van der Waals surface area (Å²) >= 11 is 0. The van der Waals surface area contributed by atoms with Crippen LogP contribution in [0.1, 0.15) is 33.1 Å². The summed E-state index contributed by atoms with van der Waals surface area (Å²) in [6, 6.07) is 0.100. The monoisotopic (exact) mass is 170 g/mol. The molecule has 0 saturated heterocycles. The van der Waals surface area contributed by atoms with Gasteiger partial charge in [-0.3, -0.25) is 4.79 Å². The smallest absolute Gasteiger partial charge is 0.237 e. The van der Waals surface area contributed by atoms with Crippen LogP contribution in [0.4, 0.5) is 0 Å². The van der Waals surface area contributed by atoms with Gasteiger partial charge >= 0.3 is 0 Å². The number of hydrogen-bond donors (Lipinski definition) is 2. The summed E-state index contributed by atoms with van der Waals surface area (Å²) < 4.78 is 0. The molecule has 0 aromatic heterocycles. The number of hydrogen-bond acceptors (Lipinski definition) is 2. The first kappa shape index (κ1) is 9.52. The molecule has 3 N–H and O–H groups in total. The molecule has 1 aliphatic carbocycles. The Labute approximate surface area is 73.7 Å². The second-order valence-corrected chi connectivity index (χ2v) is 3.53. The van der Waals surface area contributed by atoms with Gasteiger partial charge in [-0.2, -0.15) is 0 Å². The molecule has 2 unspecified atom stereocenters. The third kappa shape index (κ3) is 2.21. The first-order chi connectivity index (χ1) is 5.69. The molecule has 0 heterocycles. The number of rotatable bonds is 4. The van der Waals surface area contributed by atoms with Gasteiger partial charge in [-0.05, 0) is 18.8 Å². The van der Waals surface area contributed by atoms with E-state index in [-0.39, 0.29) is 11.9 Å². The number of carbonyl (C=O) groups excluding carboxylic acids is 1. The van der Waals surface area contributed by atoms with Crippen LogP contribution in [-0.4, -0.2) is 18.0 Å². The summed E-state index contributed by atoms with van der Waals surface area (Å²) in [6.45, 7) is 4.07. The average molecular weight is 170 g/mol. The van der Waals surface area contributed by atoms with Crippen LogP contribution in [0.2, 0.25) is 0 Å². The van der Waals surface area contributed by atoms with Crippen LogP contribution in [0.15, 0.2) is 0 Å². The predicted molar refractivity (Wildman–Crippen MR) is 48.6 cm³/mol. The molecule has 70 valence electrons. The third-order valence-electron chi connectivity index (χ3n) is 2.55. The fourth-order valence-corrected chi connectivity index (χ4v) is 1.35. The fraction of sp³-hybridized carbons (Fsp3) is 0.889. The third-order valence-corrected chi connectivity index (χ3v) is 2.55. The lowest BCUT2D eigenvalue weighted by molar-refractivity contribution is -0.122. The summed E-state index contributed by atoms with van der Waals surface area (Å²) in [4.78, 5) is 11.2. The molecule has 0 aromatic carbocycles. The van der Waals surface area contributed by atoms with Gasteiger partial charge in [-0.1, -0.05) is 20.3 Å². The van der Waals surface area contributed by atoms with Crippen molar-refractivity contribution in [3.8, 4) is 0 Å². The van der Waals surface area contributed by atoms with Crippen molar-refractivity contribution in [2.24, 2.45) is 11.7 Å². The maximum absolute atomic E-state index is 11.2. The van der Waals surface area contributed by atoms with Gasteiger partial charge in [-0.15, -0.1) is 0 Å². The Morgan fingerprint density at radius 3 is 2.75 bits per heavy atom. The predicted octanol–water partition coefficient (Wildman–Crippen LogP) is 0.638. The van der Waals surface area contributed by atoms with E-state index in [9.17, 15) is 4.79 Å². The van der Waals surface area contributed by atoms with Crippen molar-refractivity contribution >= 4 is 5.91 Å². The quantitative estimate of drug-likeness (QED) is 0.650. The molecule has 1 fully saturated rings. The van der Waals surface area contributed by atoms with Gasteiger partial charge in [0, 0.05) is 6.04 Å². The normalized spacial score (nSPS) is 29.6. The molecule has 1 aliphatic rings. The van der Waals surface area contributed by atoms with E-state index in [1.165, 1.54) is 0 Å². The molecule has 3 atom stereocenters. The van der Waals surface area contributed by atoms with E-state index in [0.717, 1.165) is 19.3 Å². The minimum absolute atomic E-state index is 0.0125. The summed E-state index contributed by atoms with van der Waals surface area (Å²) in [6.07, 6.45) is 3.01. The molecular weight excluding hydrogens is 152 g/mol. The fourth-order valence-electron chi connectivity index (χ4n) is 1.35. The van der Waals surface area contributed by atoms with Crippen LogP contribution in [0, 0.1) is 5.92 Å². The van der Waals surface area contributed by atoms with Crippen LogP contribution in [-0.2, 0) is 4.79 Å². The minimum Gasteiger partial charge on any atom is -0.352 e. The Hall–Kier alpha value is -0.570. The van der Waals surface area contributed by atoms with Gasteiger partial charge in [0.2, 0.25) is 5.91 Å². The molecule has 3 nitrogen and oxygen atoms in total. The van der Waals surface area contributed by atoms with Gasteiger partial charge in [0.1, 0.15) is 0 Å². The lowest BCUT2D eigenvalue weighted by atomic mass is 10.2. The zero-order valence-corrected chi connectivity index (χ0v) is 7.84. The summed E-state index contributed by atoms with van der Waals surface area (Å²) in [5.41, 5.74) is 5.57. The SMILES string of the molecule is CCC1CC1NC(=O)[C@@H](N)CC. The van der Waals surface area contributed by atoms with Gasteiger partial charge in [-0.25, -0.2) is 0 Å². The largest absolute Gasteiger partial charge is 0.352 e. The van der Waals surface area contributed by atoms with E-state index < -0.39 is 0 Å². The standard InChI is InChI=1S/C9H18N2O/c1-3-6-5-8(6)11-9(12)7(10)4-2/h6-8H,3-5,10H2,1-2H3,(H,11,12)/t6?,7-,8?/m0/s1. The minimum atomic E-state index is -0.317. The molecule has 12 heavy (non-hydrogen) atoms. The van der Waals surface area contributed by atoms with E-state index in [1.807, 2.05) is 6.92 Å². The molecule has 0 radical (unpaired) electrons. The van der Waals surface area contributed by atoms with E-state index in [0.29, 0.717) is 12.0 Å². The number of carbonyl (C=O) groups is 1. The zero-order chi connectivity index (χ0) is 9.14. The van der Waals surface area contributed by atoms with Crippen LogP contribution in [0.25, 0.3) is 0 Å². The second-order valence-electron chi connectivity index (χ2n) is 3.53. The average Bonchev–Trinajstić information content (AvgIpc) is 2.81. The molecule has 0 aliphatic heterocycles. The van der Waals surface area contributed by atoms with Crippen molar-refractivity contribution in [2.45, 2.75) is 45.2 Å². The summed E-state index contributed by atoms with van der Waals surface area (Å²) in [5.74, 6) is 0.719. The summed E-state index contributed by atoms with van der Waals surface area (Å²) in [5, 5.41) is 2.94.